The minimum Gasteiger partial charge on any atom is -0.479 e. The summed E-state index contributed by atoms with van der Waals surface area (Å²) in [6, 6.07) is 6.88. The molecule has 15 heavy (non-hydrogen) atoms. The van der Waals surface area contributed by atoms with E-state index in [9.17, 15) is 9.90 Å². The molecule has 0 aliphatic rings. The van der Waals surface area contributed by atoms with Crippen molar-refractivity contribution in [1.82, 2.24) is 0 Å². The molecule has 1 aromatic carbocycles. The van der Waals surface area contributed by atoms with Crippen LogP contribution < -0.4 is 0 Å². The Balaban J connectivity index is 2.56. The first-order valence-electron chi connectivity index (χ1n) is 4.18. The summed E-state index contributed by atoms with van der Waals surface area (Å²) in [6.07, 6.45) is -1.62. The topological polar surface area (TPSA) is 70.7 Å². The van der Waals surface area contributed by atoms with Crippen molar-refractivity contribution in [2.24, 2.45) is 0 Å². The highest BCUT2D eigenvalue weighted by molar-refractivity contribution is 9.10. The third-order valence-corrected chi connectivity index (χ3v) is 2.64. The van der Waals surface area contributed by atoms with Crippen LogP contribution in [0.5, 0.6) is 0 Å². The molecule has 2 aromatic rings. The van der Waals surface area contributed by atoms with Crippen LogP contribution in [0.2, 0.25) is 0 Å². The second kappa shape index (κ2) is 3.67. The molecule has 2 N–H and O–H groups in total. The third-order valence-electron chi connectivity index (χ3n) is 2.02. The van der Waals surface area contributed by atoms with Crippen molar-refractivity contribution < 1.29 is 19.4 Å². The first-order chi connectivity index (χ1) is 7.09. The van der Waals surface area contributed by atoms with Gasteiger partial charge in [-0.25, -0.2) is 4.79 Å². The van der Waals surface area contributed by atoms with Crippen molar-refractivity contribution in [3.05, 3.63) is 34.5 Å². The molecule has 0 bridgehead atoms. The van der Waals surface area contributed by atoms with Gasteiger partial charge in [-0.15, -0.1) is 0 Å². The summed E-state index contributed by atoms with van der Waals surface area (Å²) in [5.41, 5.74) is 0.535. The van der Waals surface area contributed by atoms with Gasteiger partial charge in [0.05, 0.1) is 4.47 Å². The predicted octanol–water partition coefficient (Wildman–Crippen LogP) is 2.31. The average molecular weight is 271 g/mol. The summed E-state index contributed by atoms with van der Waals surface area (Å²) < 4.78 is 5.97. The van der Waals surface area contributed by atoms with Gasteiger partial charge in [-0.05, 0) is 28.1 Å². The molecule has 0 radical (unpaired) electrons. The number of fused-ring (bicyclic) bond motifs is 1. The van der Waals surface area contributed by atoms with E-state index >= 15 is 0 Å². The number of aliphatic hydroxyl groups excluding tert-OH is 1. The zero-order valence-electron chi connectivity index (χ0n) is 7.48. The Morgan fingerprint density at radius 2 is 2.20 bits per heavy atom. The monoisotopic (exact) mass is 270 g/mol. The Bertz CT molecular complexity index is 517. The number of rotatable bonds is 2. The molecule has 0 fully saturated rings. The van der Waals surface area contributed by atoms with Gasteiger partial charge in [-0.1, -0.05) is 12.1 Å². The summed E-state index contributed by atoms with van der Waals surface area (Å²) in [5.74, 6) is -1.30. The second-order valence-electron chi connectivity index (χ2n) is 3.05. The van der Waals surface area contributed by atoms with E-state index in [1.165, 1.54) is 6.07 Å². The molecule has 1 atom stereocenters. The van der Waals surface area contributed by atoms with Crippen LogP contribution in [0.15, 0.2) is 33.2 Å². The van der Waals surface area contributed by atoms with Crippen molar-refractivity contribution in [2.75, 3.05) is 0 Å². The largest absolute Gasteiger partial charge is 0.479 e. The van der Waals surface area contributed by atoms with E-state index in [0.717, 1.165) is 9.86 Å². The maximum absolute atomic E-state index is 10.5. The van der Waals surface area contributed by atoms with Crippen LogP contribution in [-0.4, -0.2) is 16.2 Å². The standard InChI is InChI=1S/C10H7BrO4/c11-6-3-1-2-5-4-7(15-9(5)6)8(12)10(13)14/h1-4,8,12H,(H,13,14). The zero-order valence-corrected chi connectivity index (χ0v) is 9.06. The van der Waals surface area contributed by atoms with E-state index in [4.69, 9.17) is 9.52 Å². The van der Waals surface area contributed by atoms with Crippen LogP contribution in [0, 0.1) is 0 Å². The summed E-state index contributed by atoms with van der Waals surface area (Å²) in [4.78, 5) is 10.5. The molecule has 1 unspecified atom stereocenters. The van der Waals surface area contributed by atoms with Gasteiger partial charge in [0.25, 0.3) is 0 Å². The molecule has 5 heteroatoms. The van der Waals surface area contributed by atoms with Crippen molar-refractivity contribution in [3.63, 3.8) is 0 Å². The van der Waals surface area contributed by atoms with Gasteiger partial charge in [0, 0.05) is 5.39 Å². The normalized spacial score (nSPS) is 12.9. The van der Waals surface area contributed by atoms with Crippen LogP contribution >= 0.6 is 15.9 Å². The number of benzene rings is 1. The molecule has 0 aliphatic carbocycles. The molecule has 78 valence electrons. The summed E-state index contributed by atoms with van der Waals surface area (Å²) >= 11 is 3.27. The number of aliphatic carboxylic acids is 1. The lowest BCUT2D eigenvalue weighted by Crippen LogP contribution is -2.09. The number of halogens is 1. The van der Waals surface area contributed by atoms with E-state index < -0.39 is 12.1 Å². The third kappa shape index (κ3) is 1.75. The highest BCUT2D eigenvalue weighted by Crippen LogP contribution is 2.29. The molecule has 0 aliphatic heterocycles. The minimum absolute atomic E-state index is 0.0319. The highest BCUT2D eigenvalue weighted by Gasteiger charge is 2.20. The number of para-hydroxylation sites is 1. The summed E-state index contributed by atoms with van der Waals surface area (Å²) in [7, 11) is 0. The SMILES string of the molecule is O=C(O)C(O)c1cc2cccc(Br)c2o1. The van der Waals surface area contributed by atoms with Crippen molar-refractivity contribution in [2.45, 2.75) is 6.10 Å². The maximum atomic E-state index is 10.5. The fourth-order valence-electron chi connectivity index (χ4n) is 1.30. The molecule has 0 saturated heterocycles. The van der Waals surface area contributed by atoms with Gasteiger partial charge in [-0.3, -0.25) is 0 Å². The molecule has 0 spiro atoms. The second-order valence-corrected chi connectivity index (χ2v) is 3.90. The predicted molar refractivity (Wildman–Crippen MR) is 56.5 cm³/mol. The molecular weight excluding hydrogens is 264 g/mol. The van der Waals surface area contributed by atoms with Crippen LogP contribution in [-0.2, 0) is 4.79 Å². The quantitative estimate of drug-likeness (QED) is 0.879. The number of carboxylic acids is 1. The zero-order chi connectivity index (χ0) is 11.0. The molecule has 2 rings (SSSR count). The maximum Gasteiger partial charge on any atom is 0.340 e. The molecule has 0 saturated carbocycles. The molecular formula is C10H7BrO4. The lowest BCUT2D eigenvalue weighted by atomic mass is 10.2. The van der Waals surface area contributed by atoms with Crippen molar-refractivity contribution >= 4 is 32.9 Å². The van der Waals surface area contributed by atoms with Crippen LogP contribution in [0.25, 0.3) is 11.0 Å². The highest BCUT2D eigenvalue weighted by atomic mass is 79.9. The van der Waals surface area contributed by atoms with E-state index in [2.05, 4.69) is 15.9 Å². The van der Waals surface area contributed by atoms with Gasteiger partial charge < -0.3 is 14.6 Å². The Labute approximate surface area is 93.3 Å². The fraction of sp³-hybridized carbons (Fsp3) is 0.100. The molecule has 1 heterocycles. The Morgan fingerprint density at radius 3 is 2.80 bits per heavy atom. The number of aliphatic hydroxyl groups is 1. The average Bonchev–Trinajstić information content (AvgIpc) is 2.61. The lowest BCUT2D eigenvalue weighted by molar-refractivity contribution is -0.147. The Hall–Kier alpha value is -1.33. The number of furan rings is 1. The van der Waals surface area contributed by atoms with Gasteiger partial charge >= 0.3 is 5.97 Å². The van der Waals surface area contributed by atoms with Crippen LogP contribution in [0.1, 0.15) is 11.9 Å². The van der Waals surface area contributed by atoms with Gasteiger partial charge in [0.1, 0.15) is 11.3 Å². The van der Waals surface area contributed by atoms with Crippen LogP contribution in [0.3, 0.4) is 0 Å². The summed E-state index contributed by atoms with van der Waals surface area (Å²) in [5, 5.41) is 18.6. The smallest absolute Gasteiger partial charge is 0.340 e. The molecule has 1 aromatic heterocycles. The number of carboxylic acid groups (broad SMARTS) is 1. The van der Waals surface area contributed by atoms with E-state index in [1.807, 2.05) is 0 Å². The fourth-order valence-corrected chi connectivity index (χ4v) is 1.77. The van der Waals surface area contributed by atoms with E-state index in [-0.39, 0.29) is 5.76 Å². The number of hydrogen-bond acceptors (Lipinski definition) is 3. The van der Waals surface area contributed by atoms with Gasteiger partial charge in [0.15, 0.2) is 0 Å². The lowest BCUT2D eigenvalue weighted by Gasteiger charge is -1.98. The van der Waals surface area contributed by atoms with Crippen molar-refractivity contribution in [3.8, 4) is 0 Å². The number of hydrogen-bond donors (Lipinski definition) is 2. The minimum atomic E-state index is -1.62. The van der Waals surface area contributed by atoms with Gasteiger partial charge in [0.2, 0.25) is 6.10 Å². The first-order valence-corrected chi connectivity index (χ1v) is 4.97. The van der Waals surface area contributed by atoms with E-state index in [0.29, 0.717) is 5.58 Å². The number of carbonyl (C=O) groups is 1. The summed E-state index contributed by atoms with van der Waals surface area (Å²) in [6.45, 7) is 0. The van der Waals surface area contributed by atoms with E-state index in [1.54, 1.807) is 18.2 Å². The van der Waals surface area contributed by atoms with Crippen LogP contribution in [0.4, 0.5) is 0 Å². The Kier molecular flexibility index (Phi) is 2.50. The molecule has 0 amide bonds. The van der Waals surface area contributed by atoms with Crippen molar-refractivity contribution in [1.29, 1.82) is 0 Å². The van der Waals surface area contributed by atoms with Gasteiger partial charge in [-0.2, -0.15) is 0 Å². The molecule has 4 nitrogen and oxygen atoms in total. The Morgan fingerprint density at radius 1 is 1.47 bits per heavy atom. The first kappa shape index (κ1) is 10.2.